The van der Waals surface area contributed by atoms with E-state index < -0.39 is 39.8 Å². The molecule has 19 heavy (non-hydrogen) atoms. The van der Waals surface area contributed by atoms with E-state index in [9.17, 15) is 18.0 Å². The molecule has 0 saturated heterocycles. The second kappa shape index (κ2) is 7.90. The van der Waals surface area contributed by atoms with Crippen molar-refractivity contribution in [3.05, 3.63) is 12.7 Å². The Morgan fingerprint density at radius 3 is 2.32 bits per heavy atom. The molecule has 7 nitrogen and oxygen atoms in total. The van der Waals surface area contributed by atoms with Crippen LogP contribution in [0.15, 0.2) is 12.7 Å². The van der Waals surface area contributed by atoms with Crippen molar-refractivity contribution < 1.29 is 32.4 Å². The summed E-state index contributed by atoms with van der Waals surface area (Å²) in [7, 11) is -4.51. The Morgan fingerprint density at radius 2 is 1.95 bits per heavy atom. The van der Waals surface area contributed by atoms with Crippen LogP contribution in [-0.4, -0.2) is 41.9 Å². The third-order valence-corrected chi connectivity index (χ3v) is 3.93. The number of unbranched alkanes of at least 4 members (excludes halogenated alkanes) is 1. The Bertz CT molecular complexity index is 426. The van der Waals surface area contributed by atoms with Crippen LogP contribution >= 0.6 is 0 Å². The minimum Gasteiger partial charge on any atom is -0.481 e. The molecule has 0 aliphatic heterocycles. The Hall–Kier alpha value is -1.41. The van der Waals surface area contributed by atoms with Crippen molar-refractivity contribution in [3.63, 3.8) is 0 Å². The molecule has 0 heterocycles. The first-order valence-electron chi connectivity index (χ1n) is 5.73. The Morgan fingerprint density at radius 1 is 1.37 bits per heavy atom. The van der Waals surface area contributed by atoms with E-state index in [2.05, 4.69) is 6.58 Å². The summed E-state index contributed by atoms with van der Waals surface area (Å²) in [5.41, 5.74) is 0. The lowest BCUT2D eigenvalue weighted by molar-refractivity contribution is -0.143. The van der Waals surface area contributed by atoms with Crippen LogP contribution in [0.4, 0.5) is 0 Å². The van der Waals surface area contributed by atoms with Gasteiger partial charge in [0.05, 0.1) is 12.5 Å². The minimum absolute atomic E-state index is 0.374. The van der Waals surface area contributed by atoms with Gasteiger partial charge < -0.3 is 10.2 Å². The molecule has 2 unspecified atom stereocenters. The van der Waals surface area contributed by atoms with Gasteiger partial charge in [0.15, 0.2) is 5.25 Å². The molecular weight excluding hydrogens is 276 g/mol. The molecule has 2 atom stereocenters. The van der Waals surface area contributed by atoms with Crippen LogP contribution in [0, 0.1) is 0 Å². The molecule has 0 saturated carbocycles. The summed E-state index contributed by atoms with van der Waals surface area (Å²) < 4.78 is 28.2. The predicted molar refractivity (Wildman–Crippen MR) is 67.2 cm³/mol. The van der Waals surface area contributed by atoms with Gasteiger partial charge >= 0.3 is 11.9 Å². The highest BCUT2D eigenvalue weighted by atomic mass is 32.2. The zero-order chi connectivity index (χ0) is 15.1. The van der Waals surface area contributed by atoms with Crippen LogP contribution < -0.4 is 0 Å². The smallest absolute Gasteiger partial charge is 0.325 e. The van der Waals surface area contributed by atoms with Gasteiger partial charge in [0.2, 0.25) is 0 Å². The second-order valence-corrected chi connectivity index (χ2v) is 5.68. The molecule has 0 aromatic heterocycles. The standard InChI is InChI=1S/C11H18O7S/c1-3-5-6-8(4-2)18-19(16,17)9(11(14)15)7-10(12)13/h4,8-9H,2-3,5-7H2,1H3,(H,12,13)(H,14,15). The van der Waals surface area contributed by atoms with Gasteiger partial charge in [-0.25, -0.2) is 0 Å². The van der Waals surface area contributed by atoms with Gasteiger partial charge in [-0.3, -0.25) is 13.8 Å². The molecule has 0 rings (SSSR count). The Balaban J connectivity index is 4.94. The van der Waals surface area contributed by atoms with Crippen LogP contribution in [0.5, 0.6) is 0 Å². The summed E-state index contributed by atoms with van der Waals surface area (Å²) in [5, 5.41) is 15.2. The molecule has 0 aromatic carbocycles. The molecule has 0 aromatic rings. The fraction of sp³-hybridized carbons (Fsp3) is 0.636. The monoisotopic (exact) mass is 294 g/mol. The molecule has 0 spiro atoms. The first kappa shape index (κ1) is 17.6. The summed E-state index contributed by atoms with van der Waals surface area (Å²) in [5.74, 6) is -3.27. The molecule has 0 aliphatic rings. The largest absolute Gasteiger partial charge is 0.481 e. The van der Waals surface area contributed by atoms with Crippen LogP contribution in [0.1, 0.15) is 32.6 Å². The fourth-order valence-corrected chi connectivity index (χ4v) is 2.57. The van der Waals surface area contributed by atoms with Gasteiger partial charge in [0, 0.05) is 0 Å². The van der Waals surface area contributed by atoms with E-state index in [4.69, 9.17) is 14.4 Å². The maximum Gasteiger partial charge on any atom is 0.325 e. The molecule has 0 amide bonds. The van der Waals surface area contributed by atoms with Crippen molar-refractivity contribution in [1.29, 1.82) is 0 Å². The van der Waals surface area contributed by atoms with Gasteiger partial charge in [-0.15, -0.1) is 6.58 Å². The zero-order valence-corrected chi connectivity index (χ0v) is 11.4. The quantitative estimate of drug-likeness (QED) is 0.456. The van der Waals surface area contributed by atoms with Crippen LogP contribution in [0.3, 0.4) is 0 Å². The summed E-state index contributed by atoms with van der Waals surface area (Å²) in [6.07, 6.45) is 1.23. The highest BCUT2D eigenvalue weighted by Gasteiger charge is 2.37. The molecule has 110 valence electrons. The third-order valence-electron chi connectivity index (χ3n) is 2.35. The summed E-state index contributed by atoms with van der Waals surface area (Å²) >= 11 is 0. The zero-order valence-electron chi connectivity index (χ0n) is 10.6. The molecular formula is C11H18O7S. The number of hydrogen-bond donors (Lipinski definition) is 2. The topological polar surface area (TPSA) is 118 Å². The summed E-state index contributed by atoms with van der Waals surface area (Å²) in [6.45, 7) is 5.31. The van der Waals surface area contributed by atoms with Crippen molar-refractivity contribution in [3.8, 4) is 0 Å². The lowest BCUT2D eigenvalue weighted by Gasteiger charge is -2.16. The van der Waals surface area contributed by atoms with E-state index in [1.54, 1.807) is 0 Å². The maximum absolute atomic E-state index is 11.7. The van der Waals surface area contributed by atoms with Gasteiger partial charge in [-0.1, -0.05) is 25.8 Å². The summed E-state index contributed by atoms with van der Waals surface area (Å²) in [4.78, 5) is 21.3. The lowest BCUT2D eigenvalue weighted by atomic mass is 10.2. The van der Waals surface area contributed by atoms with Gasteiger partial charge in [-0.05, 0) is 6.42 Å². The number of carbonyl (C=O) groups is 2. The van der Waals surface area contributed by atoms with Gasteiger partial charge in [0.25, 0.3) is 10.1 Å². The number of aliphatic carboxylic acids is 2. The van der Waals surface area contributed by atoms with Gasteiger partial charge in [-0.2, -0.15) is 8.42 Å². The fourth-order valence-electron chi connectivity index (χ4n) is 1.32. The Labute approximate surface area is 112 Å². The number of carboxylic acid groups (broad SMARTS) is 2. The first-order valence-corrected chi connectivity index (χ1v) is 7.21. The van der Waals surface area contributed by atoms with Gasteiger partial charge in [0.1, 0.15) is 0 Å². The second-order valence-electron chi connectivity index (χ2n) is 3.93. The average molecular weight is 294 g/mol. The van der Waals surface area contributed by atoms with Crippen molar-refractivity contribution in [2.45, 2.75) is 44.0 Å². The molecule has 0 bridgehead atoms. The van der Waals surface area contributed by atoms with E-state index >= 15 is 0 Å². The molecule has 8 heteroatoms. The third kappa shape index (κ3) is 6.35. The number of rotatable bonds is 10. The normalized spacial score (nSPS) is 14.6. The highest BCUT2D eigenvalue weighted by molar-refractivity contribution is 7.88. The van der Waals surface area contributed by atoms with Crippen molar-refractivity contribution in [2.75, 3.05) is 0 Å². The minimum atomic E-state index is -4.51. The number of carboxylic acids is 2. The average Bonchev–Trinajstić information content (AvgIpc) is 2.30. The van der Waals surface area contributed by atoms with E-state index in [0.717, 1.165) is 6.42 Å². The highest BCUT2D eigenvalue weighted by Crippen LogP contribution is 2.16. The van der Waals surface area contributed by atoms with E-state index in [1.807, 2.05) is 6.92 Å². The SMILES string of the molecule is C=CC(CCCC)OS(=O)(=O)C(CC(=O)O)C(=O)O. The van der Waals surface area contributed by atoms with Crippen molar-refractivity contribution in [2.24, 2.45) is 0 Å². The van der Waals surface area contributed by atoms with Crippen molar-refractivity contribution >= 4 is 22.1 Å². The maximum atomic E-state index is 11.7. The Kier molecular flexibility index (Phi) is 7.32. The van der Waals surface area contributed by atoms with Crippen molar-refractivity contribution in [1.82, 2.24) is 0 Å². The van der Waals surface area contributed by atoms with E-state index in [0.29, 0.717) is 12.8 Å². The lowest BCUT2D eigenvalue weighted by Crippen LogP contribution is -2.35. The van der Waals surface area contributed by atoms with E-state index in [1.165, 1.54) is 6.08 Å². The van der Waals surface area contributed by atoms with Crippen LogP contribution in [0.25, 0.3) is 0 Å². The van der Waals surface area contributed by atoms with Crippen LogP contribution in [-0.2, 0) is 23.9 Å². The van der Waals surface area contributed by atoms with Crippen LogP contribution in [0.2, 0.25) is 0 Å². The summed E-state index contributed by atoms with van der Waals surface area (Å²) in [6, 6.07) is 0. The first-order chi connectivity index (χ1) is 8.74. The number of hydrogen-bond acceptors (Lipinski definition) is 5. The molecule has 2 N–H and O–H groups in total. The molecule has 0 fully saturated rings. The molecule has 0 radical (unpaired) electrons. The predicted octanol–water partition coefficient (Wildman–Crippen LogP) is 1.01. The molecule has 0 aliphatic carbocycles. The van der Waals surface area contributed by atoms with E-state index in [-0.39, 0.29) is 0 Å².